The molecule has 0 aliphatic carbocycles. The Kier molecular flexibility index (Phi) is 7.82. The number of carbonyl (C=O) groups is 3. The number of rotatable bonds is 7. The van der Waals surface area contributed by atoms with Crippen molar-refractivity contribution in [3.05, 3.63) is 65.2 Å². The van der Waals surface area contributed by atoms with Crippen LogP contribution < -0.4 is 10.1 Å². The highest BCUT2D eigenvalue weighted by Gasteiger charge is 2.23. The molecule has 0 unspecified atom stereocenters. The first-order chi connectivity index (χ1) is 14.9. The molecule has 1 aliphatic rings. The molecule has 3 rings (SSSR count). The Morgan fingerprint density at radius 2 is 1.81 bits per heavy atom. The van der Waals surface area contributed by atoms with E-state index >= 15 is 0 Å². The van der Waals surface area contributed by atoms with Gasteiger partial charge in [-0.25, -0.2) is 0 Å². The van der Waals surface area contributed by atoms with Gasteiger partial charge in [0.05, 0.1) is 0 Å². The van der Waals surface area contributed by atoms with E-state index in [9.17, 15) is 14.4 Å². The Labute approximate surface area is 183 Å². The first-order valence-corrected chi connectivity index (χ1v) is 10.8. The van der Waals surface area contributed by atoms with E-state index in [1.54, 1.807) is 24.3 Å². The van der Waals surface area contributed by atoms with Crippen LogP contribution >= 0.6 is 0 Å². The molecule has 0 spiro atoms. The maximum Gasteiger partial charge on any atom is 0.308 e. The third-order valence-corrected chi connectivity index (χ3v) is 5.75. The summed E-state index contributed by atoms with van der Waals surface area (Å²) >= 11 is 0. The van der Waals surface area contributed by atoms with Gasteiger partial charge in [-0.15, -0.1) is 0 Å². The second-order valence-electron chi connectivity index (χ2n) is 8.08. The molecule has 2 aromatic carbocycles. The van der Waals surface area contributed by atoms with Crippen molar-refractivity contribution in [2.24, 2.45) is 5.92 Å². The number of benzene rings is 2. The molecular weight excluding hydrogens is 392 g/mol. The zero-order valence-corrected chi connectivity index (χ0v) is 18.2. The van der Waals surface area contributed by atoms with Gasteiger partial charge in [-0.2, -0.15) is 0 Å². The van der Waals surface area contributed by atoms with Crippen molar-refractivity contribution in [2.45, 2.75) is 39.5 Å². The van der Waals surface area contributed by atoms with E-state index in [-0.39, 0.29) is 11.8 Å². The minimum Gasteiger partial charge on any atom is -0.427 e. The molecule has 6 heteroatoms. The lowest BCUT2D eigenvalue weighted by Crippen LogP contribution is -2.41. The van der Waals surface area contributed by atoms with E-state index in [1.165, 1.54) is 18.1 Å². The summed E-state index contributed by atoms with van der Waals surface area (Å²) in [6.07, 6.45) is 3.06. The summed E-state index contributed by atoms with van der Waals surface area (Å²) < 4.78 is 5.03. The number of nitrogens with one attached hydrogen (secondary N) is 1. The van der Waals surface area contributed by atoms with Gasteiger partial charge in [-0.1, -0.05) is 30.3 Å². The Balaban J connectivity index is 1.41. The predicted molar refractivity (Wildman–Crippen MR) is 119 cm³/mol. The average molecular weight is 423 g/mol. The normalized spacial score (nSPS) is 14.2. The summed E-state index contributed by atoms with van der Waals surface area (Å²) in [7, 11) is 0. The van der Waals surface area contributed by atoms with Crippen LogP contribution in [0.2, 0.25) is 0 Å². The third-order valence-electron chi connectivity index (χ3n) is 5.75. The van der Waals surface area contributed by atoms with Gasteiger partial charge in [0.25, 0.3) is 5.91 Å². The van der Waals surface area contributed by atoms with Crippen LogP contribution in [0.1, 0.15) is 47.7 Å². The summed E-state index contributed by atoms with van der Waals surface area (Å²) in [5.41, 5.74) is 2.91. The van der Waals surface area contributed by atoms with Gasteiger partial charge in [-0.05, 0) is 61.4 Å². The summed E-state index contributed by atoms with van der Waals surface area (Å²) in [5, 5.41) is 2.96. The molecule has 0 radical (unpaired) electrons. The van der Waals surface area contributed by atoms with Gasteiger partial charge in [0.15, 0.2) is 0 Å². The molecule has 1 N–H and O–H groups in total. The Morgan fingerprint density at radius 1 is 1.06 bits per heavy atom. The van der Waals surface area contributed by atoms with E-state index in [0.29, 0.717) is 30.2 Å². The number of carbonyl (C=O) groups excluding carboxylic acids is 3. The number of aryl methyl sites for hydroxylation is 2. The van der Waals surface area contributed by atoms with E-state index in [0.717, 1.165) is 32.4 Å². The van der Waals surface area contributed by atoms with Gasteiger partial charge < -0.3 is 15.0 Å². The average Bonchev–Trinajstić information content (AvgIpc) is 2.77. The summed E-state index contributed by atoms with van der Waals surface area (Å²) in [6.45, 7) is 5.44. The molecule has 2 aromatic rings. The predicted octanol–water partition coefficient (Wildman–Crippen LogP) is 3.52. The number of likely N-dealkylation sites (tertiary alicyclic amines) is 1. The van der Waals surface area contributed by atoms with Gasteiger partial charge in [0.1, 0.15) is 5.75 Å². The number of nitrogens with zero attached hydrogens (tertiary/aromatic N) is 1. The highest BCUT2D eigenvalue weighted by atomic mass is 16.5. The lowest BCUT2D eigenvalue weighted by molar-refractivity contribution is -0.133. The summed E-state index contributed by atoms with van der Waals surface area (Å²) in [4.78, 5) is 38.0. The van der Waals surface area contributed by atoms with Crippen LogP contribution in [0.15, 0.2) is 48.5 Å². The van der Waals surface area contributed by atoms with E-state index in [1.807, 2.05) is 17.0 Å². The smallest absolute Gasteiger partial charge is 0.308 e. The van der Waals surface area contributed by atoms with Crippen molar-refractivity contribution in [3.8, 4) is 5.75 Å². The summed E-state index contributed by atoms with van der Waals surface area (Å²) in [5.74, 6) is 0.301. The van der Waals surface area contributed by atoms with Crippen LogP contribution in [0.3, 0.4) is 0 Å². The maximum absolute atomic E-state index is 12.6. The molecule has 1 aliphatic heterocycles. The molecule has 0 atom stereocenters. The minimum atomic E-state index is -0.419. The third kappa shape index (κ3) is 6.67. The van der Waals surface area contributed by atoms with Gasteiger partial charge >= 0.3 is 5.97 Å². The zero-order valence-electron chi connectivity index (χ0n) is 18.2. The van der Waals surface area contributed by atoms with Crippen LogP contribution in [-0.2, 0) is 16.0 Å². The largest absolute Gasteiger partial charge is 0.427 e. The number of piperidine rings is 1. The van der Waals surface area contributed by atoms with Crippen molar-refractivity contribution >= 4 is 17.8 Å². The molecule has 1 saturated heterocycles. The molecular formula is C25H30N2O4. The number of esters is 1. The fourth-order valence-corrected chi connectivity index (χ4v) is 3.88. The summed E-state index contributed by atoms with van der Waals surface area (Å²) in [6, 6.07) is 14.8. The molecule has 1 fully saturated rings. The Morgan fingerprint density at radius 3 is 2.52 bits per heavy atom. The second kappa shape index (κ2) is 10.8. The minimum absolute atomic E-state index is 0.189. The van der Waals surface area contributed by atoms with Crippen molar-refractivity contribution in [3.63, 3.8) is 0 Å². The number of amides is 2. The van der Waals surface area contributed by atoms with Crippen molar-refractivity contribution in [1.82, 2.24) is 10.2 Å². The molecule has 6 nitrogen and oxygen atoms in total. The zero-order chi connectivity index (χ0) is 22.2. The molecule has 0 saturated carbocycles. The highest BCUT2D eigenvalue weighted by Crippen LogP contribution is 2.19. The number of hydrogen-bond acceptors (Lipinski definition) is 4. The van der Waals surface area contributed by atoms with Crippen LogP contribution in [-0.4, -0.2) is 42.3 Å². The lowest BCUT2D eigenvalue weighted by Gasteiger charge is -2.32. The fourth-order valence-electron chi connectivity index (χ4n) is 3.88. The quantitative estimate of drug-likeness (QED) is 0.547. The number of ether oxygens (including phenoxy) is 1. The van der Waals surface area contributed by atoms with Crippen LogP contribution in [0.5, 0.6) is 5.75 Å². The Hall–Kier alpha value is -3.15. The molecule has 1 heterocycles. The van der Waals surface area contributed by atoms with Gasteiger partial charge in [0, 0.05) is 38.5 Å². The molecule has 0 bridgehead atoms. The van der Waals surface area contributed by atoms with Crippen molar-refractivity contribution in [2.75, 3.05) is 19.6 Å². The van der Waals surface area contributed by atoms with Crippen molar-refractivity contribution in [1.29, 1.82) is 0 Å². The lowest BCUT2D eigenvalue weighted by atomic mass is 9.96. The van der Waals surface area contributed by atoms with Crippen LogP contribution in [0, 0.1) is 12.8 Å². The standard InChI is InChI=1S/C25H30N2O4/c1-18-6-3-4-7-21(18)10-11-24(29)27-14-12-20(13-15-27)17-26-25(30)22-8-5-9-23(16-22)31-19(2)28/h3-9,16,20H,10-15,17H2,1-2H3,(H,26,30). The van der Waals surface area contributed by atoms with E-state index < -0.39 is 5.97 Å². The Bertz CT molecular complexity index is 933. The molecule has 164 valence electrons. The topological polar surface area (TPSA) is 75.7 Å². The molecule has 31 heavy (non-hydrogen) atoms. The first kappa shape index (κ1) is 22.5. The van der Waals surface area contributed by atoms with Crippen LogP contribution in [0.4, 0.5) is 0 Å². The molecule has 0 aromatic heterocycles. The van der Waals surface area contributed by atoms with Crippen LogP contribution in [0.25, 0.3) is 0 Å². The second-order valence-corrected chi connectivity index (χ2v) is 8.08. The number of hydrogen-bond donors (Lipinski definition) is 1. The highest BCUT2D eigenvalue weighted by molar-refractivity contribution is 5.94. The van der Waals surface area contributed by atoms with Gasteiger partial charge in [-0.3, -0.25) is 14.4 Å². The molecule has 2 amide bonds. The van der Waals surface area contributed by atoms with E-state index in [2.05, 4.69) is 24.4 Å². The van der Waals surface area contributed by atoms with Crippen molar-refractivity contribution < 1.29 is 19.1 Å². The van der Waals surface area contributed by atoms with E-state index in [4.69, 9.17) is 4.74 Å². The fraction of sp³-hybridized carbons (Fsp3) is 0.400. The monoisotopic (exact) mass is 422 g/mol. The maximum atomic E-state index is 12.6. The van der Waals surface area contributed by atoms with Gasteiger partial charge in [0.2, 0.25) is 5.91 Å². The SMILES string of the molecule is CC(=O)Oc1cccc(C(=O)NCC2CCN(C(=O)CCc3ccccc3C)CC2)c1. The first-order valence-electron chi connectivity index (χ1n) is 10.8.